The number of rotatable bonds is 0. The molecule has 0 amide bonds. The summed E-state index contributed by atoms with van der Waals surface area (Å²) in [6.07, 6.45) is 63.1. The maximum atomic E-state index is 2.85. The molecule has 1 aromatic rings. The summed E-state index contributed by atoms with van der Waals surface area (Å²) in [5, 5.41) is 3.83. The van der Waals surface area contributed by atoms with Gasteiger partial charge in [-0.3, -0.25) is 0 Å². The quantitative estimate of drug-likeness (QED) is 0.229. The maximum Gasteiger partial charge on any atom is 0.0867 e. The van der Waals surface area contributed by atoms with Crippen LogP contribution in [0.25, 0.3) is 0 Å². The van der Waals surface area contributed by atoms with Gasteiger partial charge in [0, 0.05) is 0 Å². The van der Waals surface area contributed by atoms with Gasteiger partial charge in [-0.25, -0.2) is 0 Å². The van der Waals surface area contributed by atoms with Gasteiger partial charge in [0.25, 0.3) is 0 Å². The molecule has 0 saturated carbocycles. The zero-order valence-corrected chi connectivity index (χ0v) is 40.3. The van der Waals surface area contributed by atoms with Crippen LogP contribution in [0.15, 0.2) is 24.3 Å². The lowest BCUT2D eigenvalue weighted by Gasteiger charge is -2.36. The lowest BCUT2D eigenvalue weighted by Crippen LogP contribution is -2.51. The van der Waals surface area contributed by atoms with Crippen LogP contribution in [0.3, 0.4) is 0 Å². The van der Waals surface area contributed by atoms with E-state index in [0.29, 0.717) is 0 Å². The van der Waals surface area contributed by atoms with E-state index < -0.39 is 16.1 Å². The van der Waals surface area contributed by atoms with E-state index in [1.807, 2.05) is 10.4 Å². The fraction of sp³-hybridized carbons (Fsp3) is 0.889. The van der Waals surface area contributed by atoms with E-state index in [2.05, 4.69) is 24.3 Å². The fourth-order valence-electron chi connectivity index (χ4n) is 11.9. The fourth-order valence-corrected chi connectivity index (χ4v) is 22.5. The van der Waals surface area contributed by atoms with E-state index in [1.54, 1.807) is 36.3 Å². The van der Waals surface area contributed by atoms with Crippen LogP contribution in [0.5, 0.6) is 0 Å². The van der Waals surface area contributed by atoms with Gasteiger partial charge < -0.3 is 0 Å². The van der Waals surface area contributed by atoms with Crippen molar-refractivity contribution >= 4 is 26.5 Å². The molecule has 1 aromatic carbocycles. The summed E-state index contributed by atoms with van der Waals surface area (Å²) in [6.45, 7) is 0. The average Bonchev–Trinajstić information content (AvgIpc) is 3.21. The first kappa shape index (κ1) is 48.3. The molecule has 0 saturated heterocycles. The molecule has 0 aliphatic carbocycles. The summed E-state index contributed by atoms with van der Waals surface area (Å²) in [7, 11) is -3.13. The first-order valence-corrected chi connectivity index (χ1v) is 32.2. The lowest BCUT2D eigenvalue weighted by molar-refractivity contribution is 0.533. The number of benzene rings is 1. The summed E-state index contributed by atoms with van der Waals surface area (Å²) < 4.78 is 0. The molecule has 2 heteroatoms. The Morgan fingerprint density at radius 3 is 0.393 bits per heavy atom. The molecule has 0 unspecified atom stereocenters. The van der Waals surface area contributed by atoms with Crippen LogP contribution in [-0.4, -0.2) is 16.1 Å². The molecule has 0 fully saturated rings. The third-order valence-electron chi connectivity index (χ3n) is 15.8. The van der Waals surface area contributed by atoms with Gasteiger partial charge in [-0.15, -0.1) is 0 Å². The van der Waals surface area contributed by atoms with Crippen molar-refractivity contribution in [3.8, 4) is 0 Å². The van der Waals surface area contributed by atoms with Crippen molar-refractivity contribution in [1.29, 1.82) is 0 Å². The summed E-state index contributed by atoms with van der Waals surface area (Å²) in [5.74, 6) is 0. The van der Waals surface area contributed by atoms with Gasteiger partial charge in [-0.1, -0.05) is 341 Å². The number of hydrogen-bond donors (Lipinski definition) is 0. The Balaban J connectivity index is 1.65. The van der Waals surface area contributed by atoms with Gasteiger partial charge in [0.2, 0.25) is 0 Å². The Kier molecular flexibility index (Phi) is 28.0. The van der Waals surface area contributed by atoms with Gasteiger partial charge in [-0.2, -0.15) is 0 Å². The second-order valence-electron chi connectivity index (χ2n) is 20.5. The van der Waals surface area contributed by atoms with Crippen LogP contribution >= 0.6 is 0 Å². The van der Waals surface area contributed by atoms with Crippen molar-refractivity contribution in [3.05, 3.63) is 24.3 Å². The van der Waals surface area contributed by atoms with Crippen LogP contribution in [0.1, 0.15) is 270 Å². The molecule has 0 spiro atoms. The van der Waals surface area contributed by atoms with Gasteiger partial charge in [0.05, 0.1) is 16.1 Å². The SMILES string of the molecule is c1cc2ccc1[Si]13CCCCCCCCCCCCCCCC[Si]2(CCCCCCCCCCCCCCCC1)CCCCCCCCCCCCCCCC3. The van der Waals surface area contributed by atoms with Crippen LogP contribution in [-0.2, 0) is 0 Å². The van der Waals surface area contributed by atoms with E-state index in [4.69, 9.17) is 0 Å². The minimum Gasteiger partial charge on any atom is -0.0631 e. The van der Waals surface area contributed by atoms with Crippen molar-refractivity contribution in [2.24, 2.45) is 0 Å². The first-order chi connectivity index (χ1) is 27.8. The highest BCUT2D eigenvalue weighted by molar-refractivity contribution is 6.93. The van der Waals surface area contributed by atoms with Crippen LogP contribution < -0.4 is 10.4 Å². The molecule has 6 aliphatic heterocycles. The van der Waals surface area contributed by atoms with E-state index in [-0.39, 0.29) is 0 Å². The molecule has 56 heavy (non-hydrogen) atoms. The van der Waals surface area contributed by atoms with Crippen molar-refractivity contribution in [2.75, 3.05) is 0 Å². The number of hydrogen-bond acceptors (Lipinski definition) is 0. The van der Waals surface area contributed by atoms with E-state index >= 15 is 0 Å². The third-order valence-corrected chi connectivity index (χ3v) is 26.8. The Hall–Kier alpha value is -0.346. The second-order valence-corrected chi connectivity index (χ2v) is 29.8. The standard InChI is InChI=1S/C54H100Si2/c1-2-8-14-20-26-32-38-48-56-51-41-35-29-23-17-11-5-3-9-15-21-27-33-39-49-55(47-37-31-25-19-13-7-1,53-43-45-54(56)46-44-53)50-40-34-28-22-16-10-4-6-12-18-24-30-36-42-52-56/h43-46H,1-42,47-52H2. The molecular formula is C54H100Si2. The molecule has 0 N–H and O–H groups in total. The van der Waals surface area contributed by atoms with Gasteiger partial charge in [0.15, 0.2) is 0 Å². The smallest absolute Gasteiger partial charge is 0.0631 e. The topological polar surface area (TPSA) is 0 Å². The maximum absolute atomic E-state index is 2.85. The highest BCUT2D eigenvalue weighted by Gasteiger charge is 2.36. The van der Waals surface area contributed by atoms with Crippen LogP contribution in [0.4, 0.5) is 0 Å². The van der Waals surface area contributed by atoms with Gasteiger partial charge in [-0.05, 0) is 0 Å². The van der Waals surface area contributed by atoms with Gasteiger partial charge >= 0.3 is 0 Å². The normalized spacial score (nSPS) is 28.6. The highest BCUT2D eigenvalue weighted by atomic mass is 28.3. The molecule has 0 nitrogen and oxygen atoms in total. The minimum absolute atomic E-state index is 1.50. The van der Waals surface area contributed by atoms with Gasteiger partial charge in [0.1, 0.15) is 0 Å². The molecule has 6 aliphatic rings. The average molecular weight is 806 g/mol. The molecule has 7 rings (SSSR count). The van der Waals surface area contributed by atoms with Crippen molar-refractivity contribution < 1.29 is 0 Å². The summed E-state index contributed by atoms with van der Waals surface area (Å²) in [4.78, 5) is 0. The molecule has 4 bridgehead atoms. The predicted molar refractivity (Wildman–Crippen MR) is 260 cm³/mol. The first-order valence-electron chi connectivity index (χ1n) is 26.9. The minimum atomic E-state index is -1.57. The number of fused-ring (bicyclic) bond motifs is 45. The second kappa shape index (κ2) is 32.4. The Bertz CT molecular complexity index is 842. The van der Waals surface area contributed by atoms with Crippen molar-refractivity contribution in [2.45, 2.75) is 306 Å². The molecule has 324 valence electrons. The molecular weight excluding hydrogens is 705 g/mol. The van der Waals surface area contributed by atoms with E-state index in [0.717, 1.165) is 0 Å². The zero-order chi connectivity index (χ0) is 38.9. The van der Waals surface area contributed by atoms with Crippen LogP contribution in [0.2, 0.25) is 36.3 Å². The van der Waals surface area contributed by atoms with Crippen molar-refractivity contribution in [3.63, 3.8) is 0 Å². The van der Waals surface area contributed by atoms with Crippen LogP contribution in [0, 0.1) is 0 Å². The zero-order valence-electron chi connectivity index (χ0n) is 38.3. The van der Waals surface area contributed by atoms with E-state index in [9.17, 15) is 0 Å². The predicted octanol–water partition coefficient (Wildman–Crippen LogP) is 18.4. The molecule has 0 aromatic heterocycles. The monoisotopic (exact) mass is 805 g/mol. The molecule has 0 radical (unpaired) electrons. The largest absolute Gasteiger partial charge is 0.0867 e. The Morgan fingerprint density at radius 1 is 0.161 bits per heavy atom. The lowest BCUT2D eigenvalue weighted by atomic mass is 10.0. The van der Waals surface area contributed by atoms with Crippen molar-refractivity contribution in [1.82, 2.24) is 0 Å². The Morgan fingerprint density at radius 2 is 0.268 bits per heavy atom. The molecule has 0 atom stereocenters. The summed E-state index contributed by atoms with van der Waals surface area (Å²) >= 11 is 0. The third kappa shape index (κ3) is 20.8. The van der Waals surface area contributed by atoms with E-state index in [1.165, 1.54) is 270 Å². The Labute approximate surface area is 355 Å². The summed E-state index contributed by atoms with van der Waals surface area (Å²) in [5.41, 5.74) is 0. The highest BCUT2D eigenvalue weighted by Crippen LogP contribution is 2.33. The summed E-state index contributed by atoms with van der Waals surface area (Å²) in [6, 6.07) is 21.0. The molecule has 6 heterocycles.